The first kappa shape index (κ1) is 23.6. The van der Waals surface area contributed by atoms with Crippen molar-refractivity contribution in [3.05, 3.63) is 12.3 Å². The first-order chi connectivity index (χ1) is 13.1. The van der Waals surface area contributed by atoms with E-state index in [1.54, 1.807) is 13.8 Å². The molecule has 1 fully saturated rings. The van der Waals surface area contributed by atoms with E-state index in [0.717, 1.165) is 0 Å². The minimum Gasteiger partial charge on any atom is -0.480 e. The zero-order chi connectivity index (χ0) is 21.3. The summed E-state index contributed by atoms with van der Waals surface area (Å²) in [6, 6.07) is -1.87. The van der Waals surface area contributed by atoms with Crippen LogP contribution in [0.5, 0.6) is 0 Å². The molecule has 0 aromatic heterocycles. The maximum absolute atomic E-state index is 12.2. The van der Waals surface area contributed by atoms with Gasteiger partial charge < -0.3 is 30.5 Å². The molecule has 0 aromatic rings. The number of aliphatic carboxylic acids is 1. The summed E-state index contributed by atoms with van der Waals surface area (Å²) < 4.78 is 10.4. The topological polar surface area (TPSA) is 143 Å². The zero-order valence-electron chi connectivity index (χ0n) is 16.4. The quantitative estimate of drug-likeness (QED) is 0.318. The molecular formula is C18H29N3O7. The van der Waals surface area contributed by atoms with Gasteiger partial charge in [-0.2, -0.15) is 0 Å². The molecule has 0 radical (unpaired) electrons. The van der Waals surface area contributed by atoms with Gasteiger partial charge in [0.2, 0.25) is 11.7 Å². The second-order valence-electron chi connectivity index (χ2n) is 6.62. The summed E-state index contributed by atoms with van der Waals surface area (Å²) in [6.07, 6.45) is 0.729. The summed E-state index contributed by atoms with van der Waals surface area (Å²) >= 11 is 0. The van der Waals surface area contributed by atoms with E-state index in [-0.39, 0.29) is 12.7 Å². The molecule has 0 bridgehead atoms. The van der Waals surface area contributed by atoms with Crippen molar-refractivity contribution in [2.45, 2.75) is 71.1 Å². The lowest BCUT2D eigenvalue weighted by atomic mass is 10.1. The van der Waals surface area contributed by atoms with Crippen molar-refractivity contribution in [2.75, 3.05) is 6.54 Å². The largest absolute Gasteiger partial charge is 0.480 e. The number of amides is 2. The average molecular weight is 399 g/mol. The van der Waals surface area contributed by atoms with Crippen molar-refractivity contribution in [1.29, 1.82) is 0 Å². The molecule has 0 spiro atoms. The SMILES string of the molecule is C=C(C)NC(CCC)C(=O)C(=O)NCC(=O)NC(CCC1OC(C)O1)C(=O)O. The van der Waals surface area contributed by atoms with Crippen molar-refractivity contribution in [3.63, 3.8) is 0 Å². The maximum atomic E-state index is 12.2. The molecule has 1 aliphatic heterocycles. The van der Waals surface area contributed by atoms with Gasteiger partial charge in [0, 0.05) is 12.1 Å². The van der Waals surface area contributed by atoms with Crippen LogP contribution in [0.15, 0.2) is 12.3 Å². The predicted octanol–water partition coefficient (Wildman–Crippen LogP) is 0.0321. The maximum Gasteiger partial charge on any atom is 0.326 e. The Morgan fingerprint density at radius 2 is 1.75 bits per heavy atom. The van der Waals surface area contributed by atoms with E-state index in [2.05, 4.69) is 22.5 Å². The number of allylic oxidation sites excluding steroid dienone is 1. The number of rotatable bonds is 13. The van der Waals surface area contributed by atoms with E-state index in [1.807, 2.05) is 6.92 Å². The van der Waals surface area contributed by atoms with Crippen LogP contribution in [0, 0.1) is 0 Å². The Morgan fingerprint density at radius 1 is 1.11 bits per heavy atom. The molecule has 0 aromatic carbocycles. The molecule has 4 N–H and O–H groups in total. The number of carbonyl (C=O) groups is 4. The molecule has 2 unspecified atom stereocenters. The molecule has 0 aliphatic carbocycles. The summed E-state index contributed by atoms with van der Waals surface area (Å²) in [7, 11) is 0. The third-order valence-electron chi connectivity index (χ3n) is 3.96. The van der Waals surface area contributed by atoms with Crippen molar-refractivity contribution >= 4 is 23.6 Å². The van der Waals surface area contributed by atoms with Gasteiger partial charge in [-0.1, -0.05) is 19.9 Å². The summed E-state index contributed by atoms with van der Waals surface area (Å²) in [6.45, 7) is 8.41. The predicted molar refractivity (Wildman–Crippen MR) is 98.9 cm³/mol. The molecule has 1 aliphatic rings. The number of ketones is 1. The highest BCUT2D eigenvalue weighted by molar-refractivity contribution is 6.38. The Bertz CT molecular complexity index is 602. The zero-order valence-corrected chi connectivity index (χ0v) is 16.4. The van der Waals surface area contributed by atoms with Crippen molar-refractivity contribution in [3.8, 4) is 0 Å². The van der Waals surface area contributed by atoms with Gasteiger partial charge in [0.25, 0.3) is 5.91 Å². The lowest BCUT2D eigenvalue weighted by Crippen LogP contribution is -2.49. The number of carboxylic acid groups (broad SMARTS) is 1. The van der Waals surface area contributed by atoms with E-state index in [4.69, 9.17) is 9.47 Å². The van der Waals surface area contributed by atoms with E-state index >= 15 is 0 Å². The normalized spacial score (nSPS) is 20.2. The molecule has 2 atom stereocenters. The van der Waals surface area contributed by atoms with Crippen LogP contribution in [0.1, 0.15) is 46.5 Å². The second kappa shape index (κ2) is 11.4. The highest BCUT2D eigenvalue weighted by Crippen LogP contribution is 2.20. The molecule has 10 nitrogen and oxygen atoms in total. The Kier molecular flexibility index (Phi) is 9.60. The summed E-state index contributed by atoms with van der Waals surface area (Å²) in [5.41, 5.74) is 0.551. The minimum atomic E-state index is -1.21. The second-order valence-corrected chi connectivity index (χ2v) is 6.62. The first-order valence-electron chi connectivity index (χ1n) is 9.21. The molecule has 10 heteroatoms. The van der Waals surface area contributed by atoms with Crippen molar-refractivity contribution < 1.29 is 33.8 Å². The fourth-order valence-corrected chi connectivity index (χ4v) is 2.64. The summed E-state index contributed by atoms with van der Waals surface area (Å²) in [5, 5.41) is 16.6. The summed E-state index contributed by atoms with van der Waals surface area (Å²) in [4.78, 5) is 47.4. The Morgan fingerprint density at radius 3 is 2.25 bits per heavy atom. The smallest absolute Gasteiger partial charge is 0.326 e. The molecule has 1 heterocycles. The fourth-order valence-electron chi connectivity index (χ4n) is 2.64. The number of Topliss-reactive ketones (excluding diaryl/α,β-unsaturated/α-hetero) is 1. The molecule has 2 amide bonds. The van der Waals surface area contributed by atoms with Gasteiger partial charge in [-0.05, 0) is 26.7 Å². The Labute approximate surface area is 164 Å². The average Bonchev–Trinajstić information content (AvgIpc) is 2.59. The molecule has 158 valence electrons. The number of carbonyl (C=O) groups excluding carboxylic acids is 3. The van der Waals surface area contributed by atoms with E-state index < -0.39 is 48.5 Å². The van der Waals surface area contributed by atoms with Gasteiger partial charge in [0.1, 0.15) is 6.04 Å². The highest BCUT2D eigenvalue weighted by atomic mass is 16.9. The van der Waals surface area contributed by atoms with Crippen LogP contribution in [0.25, 0.3) is 0 Å². The highest BCUT2D eigenvalue weighted by Gasteiger charge is 2.30. The molecular weight excluding hydrogens is 370 g/mol. The Hall–Kier alpha value is -2.46. The number of ether oxygens (including phenoxy) is 2. The molecule has 28 heavy (non-hydrogen) atoms. The van der Waals surface area contributed by atoms with Crippen molar-refractivity contribution in [2.24, 2.45) is 0 Å². The van der Waals surface area contributed by atoms with E-state index in [9.17, 15) is 24.3 Å². The van der Waals surface area contributed by atoms with Crippen LogP contribution < -0.4 is 16.0 Å². The van der Waals surface area contributed by atoms with Gasteiger partial charge in [-0.3, -0.25) is 14.4 Å². The van der Waals surface area contributed by atoms with E-state index in [1.165, 1.54) is 0 Å². The molecule has 1 rings (SSSR count). The lowest BCUT2D eigenvalue weighted by molar-refractivity contribution is -0.377. The third-order valence-corrected chi connectivity index (χ3v) is 3.96. The number of hydrogen-bond donors (Lipinski definition) is 4. The molecule has 0 saturated carbocycles. The van der Waals surface area contributed by atoms with E-state index in [0.29, 0.717) is 25.0 Å². The van der Waals surface area contributed by atoms with Gasteiger partial charge in [0.15, 0.2) is 12.6 Å². The van der Waals surface area contributed by atoms with Gasteiger partial charge in [0.05, 0.1) is 12.6 Å². The Balaban J connectivity index is 2.44. The summed E-state index contributed by atoms with van der Waals surface area (Å²) in [5.74, 6) is -3.55. The molecule has 1 saturated heterocycles. The van der Waals surface area contributed by atoms with Crippen LogP contribution in [0.3, 0.4) is 0 Å². The monoisotopic (exact) mass is 399 g/mol. The third kappa shape index (κ3) is 8.05. The van der Waals surface area contributed by atoms with Crippen LogP contribution in [0.4, 0.5) is 0 Å². The van der Waals surface area contributed by atoms with Crippen LogP contribution >= 0.6 is 0 Å². The fraction of sp³-hybridized carbons (Fsp3) is 0.667. The van der Waals surface area contributed by atoms with Gasteiger partial charge >= 0.3 is 5.97 Å². The van der Waals surface area contributed by atoms with Crippen LogP contribution in [-0.4, -0.2) is 59.9 Å². The van der Waals surface area contributed by atoms with Crippen LogP contribution in [-0.2, 0) is 28.7 Å². The van der Waals surface area contributed by atoms with Crippen LogP contribution in [0.2, 0.25) is 0 Å². The number of hydrogen-bond acceptors (Lipinski definition) is 7. The number of carboxylic acids is 1. The van der Waals surface area contributed by atoms with Gasteiger partial charge in [-0.15, -0.1) is 0 Å². The lowest BCUT2D eigenvalue weighted by Gasteiger charge is -2.34. The number of nitrogens with one attached hydrogen (secondary N) is 3. The minimum absolute atomic E-state index is 0.104. The van der Waals surface area contributed by atoms with Crippen molar-refractivity contribution in [1.82, 2.24) is 16.0 Å². The van der Waals surface area contributed by atoms with Gasteiger partial charge in [-0.25, -0.2) is 4.79 Å². The standard InChI is InChI=1S/C18H29N3O7/c1-5-6-12(20-10(2)3)16(23)17(24)19-9-14(22)21-13(18(25)26)7-8-15-27-11(4)28-15/h11-13,15,20H,2,5-9H2,1,3-4H3,(H,19,24)(H,21,22)(H,25,26). The first-order valence-corrected chi connectivity index (χ1v) is 9.21.